The maximum absolute atomic E-state index is 13.7. The molecule has 2 aliphatic rings. The topological polar surface area (TPSA) is 30.9 Å². The van der Waals surface area contributed by atoms with Crippen LogP contribution < -0.4 is 5.32 Å². The number of rotatable bonds is 4. The van der Waals surface area contributed by atoms with Crippen LogP contribution in [0.2, 0.25) is 0 Å². The van der Waals surface area contributed by atoms with E-state index in [9.17, 15) is 4.39 Å². The minimum atomic E-state index is -0.160. The third-order valence-electron chi connectivity index (χ3n) is 7.08. The number of aryl methyl sites for hydroxylation is 1. The number of fused-ring (bicyclic) bond motifs is 2. The molecule has 192 valence electrons. The Morgan fingerprint density at radius 1 is 0.972 bits per heavy atom. The van der Waals surface area contributed by atoms with Gasteiger partial charge in [0.05, 0.1) is 11.4 Å². The van der Waals surface area contributed by atoms with Crippen LogP contribution in [0.3, 0.4) is 0 Å². The fourth-order valence-electron chi connectivity index (χ4n) is 4.93. The van der Waals surface area contributed by atoms with Crippen LogP contribution in [0, 0.1) is 5.82 Å². The van der Waals surface area contributed by atoms with Crippen LogP contribution in [0.4, 0.5) is 21.5 Å². The predicted octanol–water partition coefficient (Wildman–Crippen LogP) is 7.18. The summed E-state index contributed by atoms with van der Waals surface area (Å²) >= 11 is 0. The van der Waals surface area contributed by atoms with Crippen LogP contribution in [-0.2, 0) is 6.42 Å². The number of para-hydroxylation sites is 2. The molecule has 1 saturated heterocycles. The van der Waals surface area contributed by atoms with Crippen LogP contribution in [0.15, 0.2) is 71.7 Å². The Morgan fingerprint density at radius 3 is 2.56 bits per heavy atom. The van der Waals surface area contributed by atoms with Crippen molar-refractivity contribution < 1.29 is 4.39 Å². The molecule has 5 rings (SSSR count). The Balaban J connectivity index is 0.00000180. The molecule has 4 nitrogen and oxygen atoms in total. The molecule has 0 bridgehead atoms. The molecule has 3 aromatic carbocycles. The van der Waals surface area contributed by atoms with E-state index < -0.39 is 0 Å². The SMILES string of the molecule is CC(C)c1ccc2c(c1)C(N1CCN(C)C(CCc3cccc(F)c3)C1)=Nc1ccccc1N2.Cl.Cl. The Morgan fingerprint density at radius 2 is 1.78 bits per heavy atom. The Kier molecular flexibility index (Phi) is 9.40. The molecule has 0 radical (unpaired) electrons. The first-order valence-corrected chi connectivity index (χ1v) is 12.3. The van der Waals surface area contributed by atoms with Crippen molar-refractivity contribution in [2.24, 2.45) is 4.99 Å². The molecular weight excluding hydrogens is 494 g/mol. The van der Waals surface area contributed by atoms with Gasteiger partial charge in [0.15, 0.2) is 0 Å². The molecule has 1 fully saturated rings. The largest absolute Gasteiger partial charge is 0.353 e. The number of aliphatic imine (C=N–C) groups is 1. The molecule has 36 heavy (non-hydrogen) atoms. The zero-order valence-corrected chi connectivity index (χ0v) is 22.7. The third-order valence-corrected chi connectivity index (χ3v) is 7.08. The summed E-state index contributed by atoms with van der Waals surface area (Å²) in [6, 6.07) is 22.3. The summed E-state index contributed by atoms with van der Waals surface area (Å²) in [5.41, 5.74) is 6.64. The third kappa shape index (κ3) is 6.03. The van der Waals surface area contributed by atoms with E-state index in [1.165, 1.54) is 11.6 Å². The van der Waals surface area contributed by atoms with Crippen molar-refractivity contribution in [3.8, 4) is 0 Å². The molecule has 0 aromatic heterocycles. The van der Waals surface area contributed by atoms with E-state index in [0.29, 0.717) is 12.0 Å². The summed E-state index contributed by atoms with van der Waals surface area (Å²) in [5.74, 6) is 1.33. The first kappa shape index (κ1) is 28.0. The van der Waals surface area contributed by atoms with Crippen molar-refractivity contribution in [2.75, 3.05) is 32.0 Å². The summed E-state index contributed by atoms with van der Waals surface area (Å²) in [6.45, 7) is 7.27. The van der Waals surface area contributed by atoms with E-state index in [2.05, 4.69) is 66.3 Å². The molecule has 3 aromatic rings. The number of halogens is 3. The van der Waals surface area contributed by atoms with E-state index >= 15 is 0 Å². The number of amidine groups is 1. The molecule has 7 heteroatoms. The Hall–Kier alpha value is -2.60. The van der Waals surface area contributed by atoms with E-state index in [-0.39, 0.29) is 30.6 Å². The van der Waals surface area contributed by atoms with Crippen LogP contribution >= 0.6 is 24.8 Å². The van der Waals surface area contributed by atoms with E-state index in [4.69, 9.17) is 4.99 Å². The van der Waals surface area contributed by atoms with E-state index in [1.807, 2.05) is 18.2 Å². The summed E-state index contributed by atoms with van der Waals surface area (Å²) in [5, 5.41) is 3.62. The second kappa shape index (κ2) is 12.1. The molecular formula is C29H35Cl2FN4. The highest BCUT2D eigenvalue weighted by Gasteiger charge is 2.29. The van der Waals surface area contributed by atoms with Crippen LogP contribution in [0.25, 0.3) is 0 Å². The molecule has 2 aliphatic heterocycles. The molecule has 0 saturated carbocycles. The predicted molar refractivity (Wildman–Crippen MR) is 154 cm³/mol. The Bertz CT molecular complexity index is 1210. The van der Waals surface area contributed by atoms with Crippen molar-refractivity contribution in [3.63, 3.8) is 0 Å². The summed E-state index contributed by atoms with van der Waals surface area (Å²) in [6.07, 6.45) is 1.85. The van der Waals surface area contributed by atoms with Gasteiger partial charge in [0.1, 0.15) is 11.7 Å². The normalized spacial score (nSPS) is 17.1. The van der Waals surface area contributed by atoms with Crippen LogP contribution in [0.1, 0.15) is 42.9 Å². The monoisotopic (exact) mass is 528 g/mol. The fourth-order valence-corrected chi connectivity index (χ4v) is 4.93. The maximum Gasteiger partial charge on any atom is 0.138 e. The average molecular weight is 530 g/mol. The highest BCUT2D eigenvalue weighted by atomic mass is 35.5. The van der Waals surface area contributed by atoms with Gasteiger partial charge in [0.25, 0.3) is 0 Å². The first-order valence-electron chi connectivity index (χ1n) is 12.3. The van der Waals surface area contributed by atoms with Crippen molar-refractivity contribution in [1.82, 2.24) is 9.80 Å². The first-order chi connectivity index (χ1) is 16.5. The molecule has 0 spiro atoms. The summed E-state index contributed by atoms with van der Waals surface area (Å²) < 4.78 is 13.7. The minimum absolute atomic E-state index is 0. The van der Waals surface area contributed by atoms with Gasteiger partial charge in [0, 0.05) is 36.9 Å². The zero-order chi connectivity index (χ0) is 23.7. The quantitative estimate of drug-likeness (QED) is 0.389. The number of piperazine rings is 1. The minimum Gasteiger partial charge on any atom is -0.353 e. The van der Waals surface area contributed by atoms with Gasteiger partial charge in [-0.2, -0.15) is 0 Å². The number of nitrogens with zero attached hydrogens (tertiary/aromatic N) is 3. The average Bonchev–Trinajstić information content (AvgIpc) is 3.00. The van der Waals surface area contributed by atoms with Crippen molar-refractivity contribution >= 4 is 47.7 Å². The number of hydrogen-bond donors (Lipinski definition) is 1. The molecule has 1 atom stereocenters. The van der Waals surface area contributed by atoms with Gasteiger partial charge < -0.3 is 10.2 Å². The van der Waals surface area contributed by atoms with Crippen molar-refractivity contribution in [1.29, 1.82) is 0 Å². The van der Waals surface area contributed by atoms with Crippen molar-refractivity contribution in [3.05, 3.63) is 89.2 Å². The fraction of sp³-hybridized carbons (Fsp3) is 0.345. The van der Waals surface area contributed by atoms with Gasteiger partial charge in [-0.3, -0.25) is 4.90 Å². The molecule has 0 amide bonds. The lowest BCUT2D eigenvalue weighted by Crippen LogP contribution is -2.53. The van der Waals surface area contributed by atoms with E-state index in [1.54, 1.807) is 12.1 Å². The maximum atomic E-state index is 13.7. The number of nitrogens with one attached hydrogen (secondary N) is 1. The highest BCUT2D eigenvalue weighted by Crippen LogP contribution is 2.36. The molecule has 1 unspecified atom stereocenters. The second-order valence-electron chi connectivity index (χ2n) is 9.79. The number of hydrogen-bond acceptors (Lipinski definition) is 4. The second-order valence-corrected chi connectivity index (χ2v) is 9.79. The number of likely N-dealkylation sites (N-methyl/N-ethyl adjacent to an activating group) is 1. The summed E-state index contributed by atoms with van der Waals surface area (Å²) in [7, 11) is 2.20. The smallest absolute Gasteiger partial charge is 0.138 e. The number of anilines is 2. The van der Waals surface area contributed by atoms with Crippen LogP contribution in [0.5, 0.6) is 0 Å². The van der Waals surface area contributed by atoms with E-state index in [0.717, 1.165) is 66.5 Å². The lowest BCUT2D eigenvalue weighted by molar-refractivity contribution is 0.134. The zero-order valence-electron chi connectivity index (χ0n) is 21.1. The molecule has 2 heterocycles. The van der Waals surface area contributed by atoms with Gasteiger partial charge in [-0.15, -0.1) is 24.8 Å². The number of benzene rings is 3. The van der Waals surface area contributed by atoms with Gasteiger partial charge >= 0.3 is 0 Å². The molecule has 1 N–H and O–H groups in total. The van der Waals surface area contributed by atoms with Crippen molar-refractivity contribution in [2.45, 2.75) is 38.6 Å². The molecule has 0 aliphatic carbocycles. The van der Waals surface area contributed by atoms with Crippen LogP contribution in [-0.4, -0.2) is 48.4 Å². The highest BCUT2D eigenvalue weighted by molar-refractivity contribution is 6.08. The lowest BCUT2D eigenvalue weighted by Gasteiger charge is -2.41. The summed E-state index contributed by atoms with van der Waals surface area (Å²) in [4.78, 5) is 10.1. The van der Waals surface area contributed by atoms with Gasteiger partial charge in [-0.05, 0) is 73.3 Å². The van der Waals surface area contributed by atoms with Gasteiger partial charge in [-0.1, -0.05) is 44.2 Å². The van der Waals surface area contributed by atoms with Gasteiger partial charge in [0.2, 0.25) is 0 Å². The standard InChI is InChI=1S/C29H33FN4.2ClH/c1-20(2)22-12-14-26-25(18-22)29(32-28-10-5-4-9-27(28)31-26)34-16-15-33(3)24(19-34)13-11-21-7-6-8-23(30)17-21;;/h4-10,12,14,17-18,20,24,31H,11,13,15-16,19H2,1-3H3;2*1H. The Labute approximate surface area is 226 Å². The lowest BCUT2D eigenvalue weighted by atomic mass is 9.97. The van der Waals surface area contributed by atoms with Gasteiger partial charge in [-0.25, -0.2) is 9.38 Å².